The Balaban J connectivity index is 2.63. The summed E-state index contributed by atoms with van der Waals surface area (Å²) in [5, 5.41) is -0.409. The van der Waals surface area contributed by atoms with E-state index in [2.05, 4.69) is 0 Å². The number of hydrogen-bond acceptors (Lipinski definition) is 5. The molecule has 0 aromatic rings. The van der Waals surface area contributed by atoms with E-state index in [-0.39, 0.29) is 17.9 Å². The fourth-order valence-corrected chi connectivity index (χ4v) is 2.98. The maximum Gasteiger partial charge on any atom is 0.320 e. The molecule has 1 rings (SSSR count). The van der Waals surface area contributed by atoms with Crippen molar-refractivity contribution in [3.8, 4) is 0 Å². The van der Waals surface area contributed by atoms with Gasteiger partial charge < -0.3 is 9.47 Å². The topological polar surface area (TPSA) is 52.6 Å². The van der Waals surface area contributed by atoms with Gasteiger partial charge >= 0.3 is 11.9 Å². The van der Waals surface area contributed by atoms with Gasteiger partial charge in [0.2, 0.25) is 0 Å². The summed E-state index contributed by atoms with van der Waals surface area (Å²) in [5.41, 5.74) is -0.514. The molecule has 0 saturated carbocycles. The number of thioether (sulfide) groups is 1. The fraction of sp³-hybridized carbons (Fsp3) is 0.833. The number of esters is 2. The first-order chi connectivity index (χ1) is 7.85. The zero-order valence-electron chi connectivity index (χ0n) is 10.8. The summed E-state index contributed by atoms with van der Waals surface area (Å²) in [6, 6.07) is 0. The van der Waals surface area contributed by atoms with Crippen molar-refractivity contribution in [1.82, 2.24) is 0 Å². The zero-order valence-corrected chi connectivity index (χ0v) is 11.6. The Morgan fingerprint density at radius 2 is 1.94 bits per heavy atom. The van der Waals surface area contributed by atoms with E-state index in [4.69, 9.17) is 9.47 Å². The van der Waals surface area contributed by atoms with Crippen LogP contribution in [0.1, 0.15) is 34.1 Å². The van der Waals surface area contributed by atoms with Gasteiger partial charge in [-0.3, -0.25) is 9.59 Å². The van der Waals surface area contributed by atoms with Crippen molar-refractivity contribution < 1.29 is 19.1 Å². The average molecular weight is 260 g/mol. The van der Waals surface area contributed by atoms with Crippen LogP contribution in [0.4, 0.5) is 0 Å². The molecule has 98 valence electrons. The summed E-state index contributed by atoms with van der Waals surface area (Å²) in [4.78, 5) is 23.6. The van der Waals surface area contributed by atoms with Gasteiger partial charge in [0, 0.05) is 0 Å². The summed E-state index contributed by atoms with van der Waals surface area (Å²) < 4.78 is 10.3. The third-order valence-corrected chi connectivity index (χ3v) is 3.67. The molecule has 4 nitrogen and oxygen atoms in total. The molecule has 0 aromatic carbocycles. The number of ether oxygens (including phenoxy) is 2. The molecule has 17 heavy (non-hydrogen) atoms. The summed E-state index contributed by atoms with van der Waals surface area (Å²) in [6.45, 7) is 7.58. The third kappa shape index (κ3) is 4.22. The second-order valence-corrected chi connectivity index (χ2v) is 6.22. The van der Waals surface area contributed by atoms with Crippen LogP contribution in [0.3, 0.4) is 0 Å². The molecule has 1 saturated heterocycles. The van der Waals surface area contributed by atoms with Crippen LogP contribution >= 0.6 is 11.8 Å². The summed E-state index contributed by atoms with van der Waals surface area (Å²) in [5.74, 6) is -0.144. The Morgan fingerprint density at radius 3 is 2.47 bits per heavy atom. The molecular formula is C12H20O4S. The van der Waals surface area contributed by atoms with Crippen molar-refractivity contribution in [3.63, 3.8) is 0 Å². The van der Waals surface area contributed by atoms with Crippen LogP contribution in [-0.4, -0.2) is 35.1 Å². The SMILES string of the molecule is CCOC(=O)C1CCSC1C(=O)OC(C)(C)C. The molecule has 0 N–H and O–H groups in total. The van der Waals surface area contributed by atoms with Gasteiger partial charge in [0.1, 0.15) is 10.9 Å². The van der Waals surface area contributed by atoms with Gasteiger partial charge in [0.15, 0.2) is 0 Å². The Hall–Kier alpha value is -0.710. The van der Waals surface area contributed by atoms with E-state index in [1.54, 1.807) is 6.92 Å². The smallest absolute Gasteiger partial charge is 0.320 e. The molecule has 5 heteroatoms. The molecule has 0 spiro atoms. The monoisotopic (exact) mass is 260 g/mol. The van der Waals surface area contributed by atoms with E-state index in [1.165, 1.54) is 11.8 Å². The van der Waals surface area contributed by atoms with Crippen LogP contribution < -0.4 is 0 Å². The van der Waals surface area contributed by atoms with Gasteiger partial charge in [0.25, 0.3) is 0 Å². The Morgan fingerprint density at radius 1 is 1.29 bits per heavy atom. The molecule has 0 radical (unpaired) electrons. The summed E-state index contributed by atoms with van der Waals surface area (Å²) in [7, 11) is 0. The lowest BCUT2D eigenvalue weighted by molar-refractivity contribution is -0.160. The predicted molar refractivity (Wildman–Crippen MR) is 66.8 cm³/mol. The molecule has 1 aliphatic rings. The highest BCUT2D eigenvalue weighted by molar-refractivity contribution is 8.00. The molecule has 0 aliphatic carbocycles. The van der Waals surface area contributed by atoms with Crippen LogP contribution in [0, 0.1) is 5.92 Å². The van der Waals surface area contributed by atoms with E-state index in [1.807, 2.05) is 20.8 Å². The van der Waals surface area contributed by atoms with E-state index < -0.39 is 10.9 Å². The Labute approximate surface area is 106 Å². The van der Waals surface area contributed by atoms with E-state index in [0.29, 0.717) is 13.0 Å². The van der Waals surface area contributed by atoms with Gasteiger partial charge in [-0.2, -0.15) is 0 Å². The van der Waals surface area contributed by atoms with Crippen molar-refractivity contribution in [3.05, 3.63) is 0 Å². The molecular weight excluding hydrogens is 240 g/mol. The quantitative estimate of drug-likeness (QED) is 0.727. The highest BCUT2D eigenvalue weighted by Crippen LogP contribution is 2.34. The van der Waals surface area contributed by atoms with Crippen LogP contribution in [0.5, 0.6) is 0 Å². The standard InChI is InChI=1S/C12H20O4S/c1-5-15-10(13)8-6-7-17-9(8)11(14)16-12(2,3)4/h8-9H,5-7H2,1-4H3. The minimum Gasteiger partial charge on any atom is -0.466 e. The van der Waals surface area contributed by atoms with Crippen molar-refractivity contribution in [2.24, 2.45) is 5.92 Å². The van der Waals surface area contributed by atoms with E-state index in [0.717, 1.165) is 5.75 Å². The summed E-state index contributed by atoms with van der Waals surface area (Å²) in [6.07, 6.45) is 0.688. The summed E-state index contributed by atoms with van der Waals surface area (Å²) >= 11 is 1.48. The van der Waals surface area contributed by atoms with Gasteiger partial charge in [-0.15, -0.1) is 11.8 Å². The van der Waals surface area contributed by atoms with Gasteiger partial charge in [-0.25, -0.2) is 0 Å². The fourth-order valence-electron chi connectivity index (χ4n) is 1.67. The largest absolute Gasteiger partial charge is 0.466 e. The van der Waals surface area contributed by atoms with Crippen LogP contribution in [-0.2, 0) is 19.1 Å². The first-order valence-corrected chi connectivity index (χ1v) is 6.91. The van der Waals surface area contributed by atoms with Gasteiger partial charge in [-0.1, -0.05) is 0 Å². The number of rotatable bonds is 3. The number of carbonyl (C=O) groups is 2. The number of carbonyl (C=O) groups excluding carboxylic acids is 2. The van der Waals surface area contributed by atoms with Gasteiger partial charge in [-0.05, 0) is 39.9 Å². The molecule has 0 amide bonds. The first kappa shape index (κ1) is 14.4. The van der Waals surface area contributed by atoms with Crippen LogP contribution in [0.2, 0.25) is 0 Å². The average Bonchev–Trinajstić information content (AvgIpc) is 2.63. The lowest BCUT2D eigenvalue weighted by Crippen LogP contribution is -2.35. The van der Waals surface area contributed by atoms with Crippen LogP contribution in [0.15, 0.2) is 0 Å². The van der Waals surface area contributed by atoms with E-state index >= 15 is 0 Å². The Kier molecular flexibility index (Phi) is 4.86. The minimum absolute atomic E-state index is 0.284. The molecule has 2 unspecified atom stereocenters. The number of hydrogen-bond donors (Lipinski definition) is 0. The van der Waals surface area contributed by atoms with E-state index in [9.17, 15) is 9.59 Å². The second-order valence-electron chi connectivity index (χ2n) is 4.97. The van der Waals surface area contributed by atoms with Crippen molar-refractivity contribution >= 4 is 23.7 Å². The molecule has 0 aromatic heterocycles. The predicted octanol–water partition coefficient (Wildman–Crippen LogP) is 2.01. The van der Waals surface area contributed by atoms with Crippen LogP contribution in [0.25, 0.3) is 0 Å². The maximum absolute atomic E-state index is 11.9. The lowest BCUT2D eigenvalue weighted by atomic mass is 10.0. The molecule has 1 heterocycles. The Bertz CT molecular complexity index is 295. The highest BCUT2D eigenvalue weighted by Gasteiger charge is 2.41. The van der Waals surface area contributed by atoms with Crippen molar-refractivity contribution in [1.29, 1.82) is 0 Å². The molecule has 2 atom stereocenters. The van der Waals surface area contributed by atoms with Crippen molar-refractivity contribution in [2.75, 3.05) is 12.4 Å². The zero-order chi connectivity index (χ0) is 13.1. The molecule has 0 bridgehead atoms. The highest BCUT2D eigenvalue weighted by atomic mass is 32.2. The normalized spacial score (nSPS) is 24.5. The van der Waals surface area contributed by atoms with Gasteiger partial charge in [0.05, 0.1) is 12.5 Å². The van der Waals surface area contributed by atoms with Crippen molar-refractivity contribution in [2.45, 2.75) is 45.0 Å². The lowest BCUT2D eigenvalue weighted by Gasteiger charge is -2.23. The molecule has 1 fully saturated rings. The second kappa shape index (κ2) is 5.76. The maximum atomic E-state index is 11.9. The first-order valence-electron chi connectivity index (χ1n) is 5.86. The minimum atomic E-state index is -0.514. The molecule has 1 aliphatic heterocycles. The third-order valence-electron chi connectivity index (χ3n) is 2.32.